The van der Waals surface area contributed by atoms with Gasteiger partial charge in [-0.15, -0.1) is 0 Å². The molecule has 1 saturated carbocycles. The molecule has 1 aliphatic rings. The quantitative estimate of drug-likeness (QED) is 0.849. The second-order valence-corrected chi connectivity index (χ2v) is 4.88. The molecule has 0 radical (unpaired) electrons. The van der Waals surface area contributed by atoms with Crippen molar-refractivity contribution >= 4 is 5.91 Å². The fraction of sp³-hybridized carbons (Fsp3) is 0.692. The molecule has 1 amide bonds. The molecule has 1 aliphatic carbocycles. The third kappa shape index (κ3) is 2.41. The van der Waals surface area contributed by atoms with E-state index < -0.39 is 0 Å². The Morgan fingerprint density at radius 1 is 1.50 bits per heavy atom. The minimum Gasteiger partial charge on any atom is -0.392 e. The lowest BCUT2D eigenvalue weighted by Crippen LogP contribution is -2.35. The van der Waals surface area contributed by atoms with Crippen LogP contribution in [0.4, 0.5) is 0 Å². The molecule has 1 heterocycles. The molecule has 0 aromatic carbocycles. The molecule has 5 nitrogen and oxygen atoms in total. The number of aromatic nitrogens is 2. The van der Waals surface area contributed by atoms with E-state index in [0.29, 0.717) is 6.04 Å². The van der Waals surface area contributed by atoms with E-state index >= 15 is 0 Å². The van der Waals surface area contributed by atoms with Gasteiger partial charge >= 0.3 is 0 Å². The Bertz CT molecular complexity index is 449. The summed E-state index contributed by atoms with van der Waals surface area (Å²) in [5, 5.41) is 13.6. The number of nitrogens with zero attached hydrogens (tertiary/aromatic N) is 3. The van der Waals surface area contributed by atoms with Crippen molar-refractivity contribution in [1.82, 2.24) is 14.7 Å². The lowest BCUT2D eigenvalue weighted by molar-refractivity contribution is -0.132. The molecule has 18 heavy (non-hydrogen) atoms. The largest absolute Gasteiger partial charge is 0.392 e. The maximum atomic E-state index is 12.2. The summed E-state index contributed by atoms with van der Waals surface area (Å²) in [6.45, 7) is 6.78. The van der Waals surface area contributed by atoms with Gasteiger partial charge in [0.2, 0.25) is 5.91 Å². The highest BCUT2D eigenvalue weighted by atomic mass is 16.3. The van der Waals surface area contributed by atoms with Gasteiger partial charge < -0.3 is 10.0 Å². The van der Waals surface area contributed by atoms with Crippen LogP contribution in [-0.4, -0.2) is 38.3 Å². The first-order valence-electron chi connectivity index (χ1n) is 6.51. The van der Waals surface area contributed by atoms with E-state index in [1.165, 1.54) is 0 Å². The van der Waals surface area contributed by atoms with E-state index in [0.717, 1.165) is 36.3 Å². The Kier molecular flexibility index (Phi) is 3.71. The fourth-order valence-corrected chi connectivity index (χ4v) is 2.36. The van der Waals surface area contributed by atoms with Crippen molar-refractivity contribution in [2.24, 2.45) is 0 Å². The van der Waals surface area contributed by atoms with Crippen LogP contribution in [0.2, 0.25) is 0 Å². The molecule has 1 fully saturated rings. The molecule has 5 heteroatoms. The number of carbonyl (C=O) groups excluding carboxylic acids is 1. The Morgan fingerprint density at radius 3 is 2.61 bits per heavy atom. The Hall–Kier alpha value is -1.36. The predicted octanol–water partition coefficient (Wildman–Crippen LogP) is 1.00. The average Bonchev–Trinajstić information content (AvgIpc) is 3.10. The molecular weight excluding hydrogens is 230 g/mol. The zero-order valence-corrected chi connectivity index (χ0v) is 11.3. The second-order valence-electron chi connectivity index (χ2n) is 4.88. The smallest absolute Gasteiger partial charge is 0.244 e. The van der Waals surface area contributed by atoms with Gasteiger partial charge in [-0.2, -0.15) is 5.10 Å². The topological polar surface area (TPSA) is 58.4 Å². The number of hydrogen-bond donors (Lipinski definition) is 1. The molecule has 1 N–H and O–H groups in total. The van der Waals surface area contributed by atoms with Crippen LogP contribution >= 0.6 is 0 Å². The first-order valence-corrected chi connectivity index (χ1v) is 6.51. The van der Waals surface area contributed by atoms with Crippen LogP contribution in [0, 0.1) is 13.8 Å². The normalized spacial score (nSPS) is 14.9. The van der Waals surface area contributed by atoms with Gasteiger partial charge in [0.25, 0.3) is 0 Å². The van der Waals surface area contributed by atoms with Gasteiger partial charge in [-0.1, -0.05) is 0 Å². The number of aliphatic hydroxyl groups is 1. The van der Waals surface area contributed by atoms with Gasteiger partial charge in [0.1, 0.15) is 6.54 Å². The summed E-state index contributed by atoms with van der Waals surface area (Å²) in [7, 11) is 0. The lowest BCUT2D eigenvalue weighted by atomic mass is 10.2. The van der Waals surface area contributed by atoms with Crippen LogP contribution in [0.5, 0.6) is 0 Å². The first kappa shape index (κ1) is 13.1. The minimum absolute atomic E-state index is 0.0219. The van der Waals surface area contributed by atoms with E-state index in [1.807, 2.05) is 25.7 Å². The van der Waals surface area contributed by atoms with E-state index in [-0.39, 0.29) is 19.1 Å². The molecule has 2 rings (SSSR count). The van der Waals surface area contributed by atoms with Gasteiger partial charge in [0, 0.05) is 23.8 Å². The van der Waals surface area contributed by atoms with Crippen molar-refractivity contribution in [2.75, 3.05) is 6.54 Å². The van der Waals surface area contributed by atoms with Crippen LogP contribution in [0.25, 0.3) is 0 Å². The number of likely N-dealkylation sites (N-methyl/N-ethyl adjacent to an activating group) is 1. The van der Waals surface area contributed by atoms with Gasteiger partial charge in [0.05, 0.1) is 12.3 Å². The SMILES string of the molecule is CCN(C(=O)Cn1nc(C)c(CO)c1C)C1CC1. The molecule has 0 saturated heterocycles. The second kappa shape index (κ2) is 5.10. The third-order valence-electron chi connectivity index (χ3n) is 3.62. The maximum absolute atomic E-state index is 12.2. The molecule has 0 bridgehead atoms. The Morgan fingerprint density at radius 2 is 2.17 bits per heavy atom. The van der Waals surface area contributed by atoms with Gasteiger partial charge in [0.15, 0.2) is 0 Å². The molecule has 1 aromatic heterocycles. The van der Waals surface area contributed by atoms with E-state index in [4.69, 9.17) is 0 Å². The standard InChI is InChI=1S/C13H21N3O2/c1-4-15(11-5-6-11)13(18)7-16-10(3)12(8-17)9(2)14-16/h11,17H,4-8H2,1-3H3. The molecule has 0 atom stereocenters. The molecule has 0 spiro atoms. The van der Waals surface area contributed by atoms with Gasteiger partial charge in [-0.05, 0) is 33.6 Å². The number of rotatable bonds is 5. The van der Waals surface area contributed by atoms with Crippen LogP contribution in [0.3, 0.4) is 0 Å². The maximum Gasteiger partial charge on any atom is 0.244 e. The summed E-state index contributed by atoms with van der Waals surface area (Å²) < 4.78 is 1.70. The number of amides is 1. The van der Waals surface area contributed by atoms with Crippen LogP contribution < -0.4 is 0 Å². The Balaban J connectivity index is 2.11. The van der Waals surface area contributed by atoms with Crippen molar-refractivity contribution in [3.8, 4) is 0 Å². The van der Waals surface area contributed by atoms with Gasteiger partial charge in [-0.25, -0.2) is 0 Å². The Labute approximate surface area is 107 Å². The van der Waals surface area contributed by atoms with Crippen molar-refractivity contribution in [3.63, 3.8) is 0 Å². The third-order valence-corrected chi connectivity index (χ3v) is 3.62. The van der Waals surface area contributed by atoms with Crippen LogP contribution in [0.15, 0.2) is 0 Å². The molecule has 1 aromatic rings. The zero-order valence-electron chi connectivity index (χ0n) is 11.3. The number of carbonyl (C=O) groups is 1. The van der Waals surface area contributed by atoms with Crippen molar-refractivity contribution < 1.29 is 9.90 Å². The van der Waals surface area contributed by atoms with Crippen molar-refractivity contribution in [1.29, 1.82) is 0 Å². The van der Waals surface area contributed by atoms with Crippen LogP contribution in [-0.2, 0) is 17.9 Å². The average molecular weight is 251 g/mol. The van der Waals surface area contributed by atoms with E-state index in [9.17, 15) is 9.90 Å². The number of hydrogen-bond acceptors (Lipinski definition) is 3. The van der Waals surface area contributed by atoms with Crippen molar-refractivity contribution in [3.05, 3.63) is 17.0 Å². The fourth-order valence-electron chi connectivity index (χ4n) is 2.36. The predicted molar refractivity (Wildman–Crippen MR) is 68.0 cm³/mol. The summed E-state index contributed by atoms with van der Waals surface area (Å²) in [4.78, 5) is 14.1. The summed E-state index contributed by atoms with van der Waals surface area (Å²) in [6.07, 6.45) is 2.25. The summed E-state index contributed by atoms with van der Waals surface area (Å²) in [5.41, 5.74) is 2.52. The molecule has 0 unspecified atom stereocenters. The minimum atomic E-state index is -0.0219. The summed E-state index contributed by atoms with van der Waals surface area (Å²) >= 11 is 0. The van der Waals surface area contributed by atoms with Crippen molar-refractivity contribution in [2.45, 2.75) is 52.8 Å². The monoisotopic (exact) mass is 251 g/mol. The van der Waals surface area contributed by atoms with E-state index in [1.54, 1.807) is 4.68 Å². The summed E-state index contributed by atoms with van der Waals surface area (Å²) in [6, 6.07) is 0.441. The van der Waals surface area contributed by atoms with Gasteiger partial charge in [-0.3, -0.25) is 9.48 Å². The summed E-state index contributed by atoms with van der Waals surface area (Å²) in [5.74, 6) is 0.120. The molecular formula is C13H21N3O2. The molecule has 0 aliphatic heterocycles. The zero-order chi connectivity index (χ0) is 13.3. The van der Waals surface area contributed by atoms with Crippen LogP contribution in [0.1, 0.15) is 36.7 Å². The highest BCUT2D eigenvalue weighted by Crippen LogP contribution is 2.26. The highest BCUT2D eigenvalue weighted by Gasteiger charge is 2.31. The number of aliphatic hydroxyl groups excluding tert-OH is 1. The number of aryl methyl sites for hydroxylation is 1. The first-order chi connectivity index (χ1) is 8.58. The molecule has 100 valence electrons. The van der Waals surface area contributed by atoms with E-state index in [2.05, 4.69) is 5.10 Å². The highest BCUT2D eigenvalue weighted by molar-refractivity contribution is 5.76. The lowest BCUT2D eigenvalue weighted by Gasteiger charge is -2.20.